The van der Waals surface area contributed by atoms with E-state index in [9.17, 15) is 4.79 Å². The molecule has 0 spiro atoms. The molecule has 1 rings (SSSR count). The van der Waals surface area contributed by atoms with Gasteiger partial charge in [0.1, 0.15) is 0 Å². The van der Waals surface area contributed by atoms with Gasteiger partial charge in [-0.1, -0.05) is 28.1 Å². The van der Waals surface area contributed by atoms with Crippen LogP contribution in [0.2, 0.25) is 0 Å². The molecule has 15 heavy (non-hydrogen) atoms. The molecule has 0 saturated heterocycles. The molecule has 0 aliphatic rings. The van der Waals surface area contributed by atoms with E-state index in [1.807, 2.05) is 24.3 Å². The molecule has 82 valence electrons. The fourth-order valence-corrected chi connectivity index (χ4v) is 1.89. The molecule has 4 heteroatoms. The van der Waals surface area contributed by atoms with Crippen LogP contribution in [0.25, 0.3) is 0 Å². The standard InChI is InChI=1S/C11H14BrNO2/c12-9-4-1-3-8(7-9)10(11(14)15)5-2-6-13/h1,3-4,7,10H,2,5-6,13H2,(H,14,15). The molecule has 0 saturated carbocycles. The Morgan fingerprint density at radius 2 is 2.27 bits per heavy atom. The summed E-state index contributed by atoms with van der Waals surface area (Å²) in [5.74, 6) is -1.24. The highest BCUT2D eigenvalue weighted by atomic mass is 79.9. The molecule has 0 aromatic heterocycles. The van der Waals surface area contributed by atoms with Crippen molar-refractivity contribution >= 4 is 21.9 Å². The highest BCUT2D eigenvalue weighted by Crippen LogP contribution is 2.24. The summed E-state index contributed by atoms with van der Waals surface area (Å²) in [6, 6.07) is 7.40. The molecule has 1 aromatic carbocycles. The highest BCUT2D eigenvalue weighted by molar-refractivity contribution is 9.10. The number of carboxylic acids is 1. The van der Waals surface area contributed by atoms with Crippen LogP contribution in [-0.4, -0.2) is 17.6 Å². The molecule has 0 aliphatic heterocycles. The van der Waals surface area contributed by atoms with Gasteiger partial charge in [-0.05, 0) is 37.1 Å². The van der Waals surface area contributed by atoms with Crippen LogP contribution in [0.4, 0.5) is 0 Å². The number of halogens is 1. The van der Waals surface area contributed by atoms with Crippen molar-refractivity contribution in [2.45, 2.75) is 18.8 Å². The molecule has 0 heterocycles. The quantitative estimate of drug-likeness (QED) is 0.864. The lowest BCUT2D eigenvalue weighted by Crippen LogP contribution is -2.13. The third-order valence-corrected chi connectivity index (χ3v) is 2.74. The van der Waals surface area contributed by atoms with Crippen molar-refractivity contribution in [1.82, 2.24) is 0 Å². The van der Waals surface area contributed by atoms with E-state index in [1.165, 1.54) is 0 Å². The van der Waals surface area contributed by atoms with Gasteiger partial charge in [-0.25, -0.2) is 0 Å². The fourth-order valence-electron chi connectivity index (χ4n) is 1.48. The minimum Gasteiger partial charge on any atom is -0.481 e. The van der Waals surface area contributed by atoms with E-state index >= 15 is 0 Å². The Morgan fingerprint density at radius 3 is 2.80 bits per heavy atom. The molecule has 0 amide bonds. The first-order valence-corrected chi connectivity index (χ1v) is 5.62. The van der Waals surface area contributed by atoms with Gasteiger partial charge in [0.05, 0.1) is 5.92 Å². The predicted molar refractivity (Wildman–Crippen MR) is 62.8 cm³/mol. The van der Waals surface area contributed by atoms with Crippen LogP contribution in [0.5, 0.6) is 0 Å². The van der Waals surface area contributed by atoms with Crippen molar-refractivity contribution in [2.75, 3.05) is 6.54 Å². The van der Waals surface area contributed by atoms with Gasteiger partial charge in [0.2, 0.25) is 0 Å². The normalized spacial score (nSPS) is 12.4. The van der Waals surface area contributed by atoms with E-state index in [1.54, 1.807) is 0 Å². The Hall–Kier alpha value is -0.870. The van der Waals surface area contributed by atoms with Crippen molar-refractivity contribution < 1.29 is 9.90 Å². The van der Waals surface area contributed by atoms with Crippen LogP contribution in [0.15, 0.2) is 28.7 Å². The summed E-state index contributed by atoms with van der Waals surface area (Å²) in [7, 11) is 0. The predicted octanol–water partition coefficient (Wildman–Crippen LogP) is 2.36. The van der Waals surface area contributed by atoms with E-state index < -0.39 is 11.9 Å². The van der Waals surface area contributed by atoms with E-state index in [4.69, 9.17) is 10.8 Å². The zero-order valence-electron chi connectivity index (χ0n) is 8.32. The second kappa shape index (κ2) is 5.88. The van der Waals surface area contributed by atoms with Crippen LogP contribution in [0.3, 0.4) is 0 Å². The summed E-state index contributed by atoms with van der Waals surface area (Å²) in [4.78, 5) is 11.1. The lowest BCUT2D eigenvalue weighted by Gasteiger charge is -2.12. The average molecular weight is 272 g/mol. The molecule has 0 bridgehead atoms. The van der Waals surface area contributed by atoms with Crippen LogP contribution in [-0.2, 0) is 4.79 Å². The monoisotopic (exact) mass is 271 g/mol. The number of carbonyl (C=O) groups is 1. The summed E-state index contributed by atoms with van der Waals surface area (Å²) >= 11 is 3.33. The number of aliphatic carboxylic acids is 1. The zero-order valence-corrected chi connectivity index (χ0v) is 9.90. The minimum absolute atomic E-state index is 0.453. The number of nitrogens with two attached hydrogens (primary N) is 1. The van der Waals surface area contributed by atoms with Gasteiger partial charge in [0, 0.05) is 4.47 Å². The molecule has 3 nitrogen and oxygen atoms in total. The summed E-state index contributed by atoms with van der Waals surface area (Å²) in [6.07, 6.45) is 1.31. The largest absolute Gasteiger partial charge is 0.481 e. The van der Waals surface area contributed by atoms with E-state index in [-0.39, 0.29) is 0 Å². The molecule has 3 N–H and O–H groups in total. The first kappa shape index (κ1) is 12.2. The maximum absolute atomic E-state index is 11.1. The Kier molecular flexibility index (Phi) is 4.78. The zero-order chi connectivity index (χ0) is 11.3. The molecule has 0 aliphatic carbocycles. The molecule has 1 atom stereocenters. The summed E-state index contributed by atoms with van der Waals surface area (Å²) in [6.45, 7) is 0.526. The Labute approximate surface area is 97.4 Å². The number of benzene rings is 1. The van der Waals surface area contributed by atoms with Crippen LogP contribution in [0.1, 0.15) is 24.3 Å². The van der Waals surface area contributed by atoms with Crippen LogP contribution in [0, 0.1) is 0 Å². The van der Waals surface area contributed by atoms with E-state index in [0.717, 1.165) is 16.5 Å². The Morgan fingerprint density at radius 1 is 1.53 bits per heavy atom. The van der Waals surface area contributed by atoms with Crippen LogP contribution < -0.4 is 5.73 Å². The van der Waals surface area contributed by atoms with Gasteiger partial charge in [-0.2, -0.15) is 0 Å². The number of hydrogen-bond donors (Lipinski definition) is 2. The third-order valence-electron chi connectivity index (χ3n) is 2.25. The third kappa shape index (κ3) is 3.64. The summed E-state index contributed by atoms with van der Waals surface area (Å²) in [5, 5.41) is 9.09. The minimum atomic E-state index is -0.790. The average Bonchev–Trinajstić information content (AvgIpc) is 2.18. The van der Waals surface area contributed by atoms with Gasteiger partial charge in [0.15, 0.2) is 0 Å². The van der Waals surface area contributed by atoms with Crippen molar-refractivity contribution in [3.8, 4) is 0 Å². The van der Waals surface area contributed by atoms with Gasteiger partial charge in [-0.15, -0.1) is 0 Å². The molecule has 1 unspecified atom stereocenters. The SMILES string of the molecule is NCCCC(C(=O)O)c1cccc(Br)c1. The lowest BCUT2D eigenvalue weighted by atomic mass is 9.94. The molecular weight excluding hydrogens is 258 g/mol. The second-order valence-corrected chi connectivity index (χ2v) is 4.29. The number of carboxylic acid groups (broad SMARTS) is 1. The van der Waals surface area contributed by atoms with Crippen LogP contribution >= 0.6 is 15.9 Å². The topological polar surface area (TPSA) is 63.3 Å². The van der Waals surface area contributed by atoms with E-state index in [0.29, 0.717) is 13.0 Å². The maximum atomic E-state index is 11.1. The molecular formula is C11H14BrNO2. The van der Waals surface area contributed by atoms with Crippen molar-refractivity contribution in [2.24, 2.45) is 5.73 Å². The first-order chi connectivity index (χ1) is 7.15. The summed E-state index contributed by atoms with van der Waals surface area (Å²) < 4.78 is 0.902. The second-order valence-electron chi connectivity index (χ2n) is 3.38. The van der Waals surface area contributed by atoms with Crippen molar-refractivity contribution in [3.05, 3.63) is 34.3 Å². The fraction of sp³-hybridized carbons (Fsp3) is 0.364. The maximum Gasteiger partial charge on any atom is 0.310 e. The Balaban J connectivity index is 2.84. The summed E-state index contributed by atoms with van der Waals surface area (Å²) in [5.41, 5.74) is 6.21. The van der Waals surface area contributed by atoms with Gasteiger partial charge >= 0.3 is 5.97 Å². The highest BCUT2D eigenvalue weighted by Gasteiger charge is 2.18. The van der Waals surface area contributed by atoms with Gasteiger partial charge < -0.3 is 10.8 Å². The number of rotatable bonds is 5. The smallest absolute Gasteiger partial charge is 0.310 e. The lowest BCUT2D eigenvalue weighted by molar-refractivity contribution is -0.139. The Bertz CT molecular complexity index is 341. The molecule has 0 fully saturated rings. The van der Waals surface area contributed by atoms with Crippen molar-refractivity contribution in [1.29, 1.82) is 0 Å². The van der Waals surface area contributed by atoms with Gasteiger partial charge in [-0.3, -0.25) is 4.79 Å². The van der Waals surface area contributed by atoms with Crippen molar-refractivity contribution in [3.63, 3.8) is 0 Å². The van der Waals surface area contributed by atoms with Gasteiger partial charge in [0.25, 0.3) is 0 Å². The van der Waals surface area contributed by atoms with E-state index in [2.05, 4.69) is 15.9 Å². The molecule has 1 aromatic rings. The number of hydrogen-bond acceptors (Lipinski definition) is 2. The molecule has 0 radical (unpaired) electrons. The first-order valence-electron chi connectivity index (χ1n) is 4.83.